The van der Waals surface area contributed by atoms with Gasteiger partial charge < -0.3 is 9.64 Å². The summed E-state index contributed by atoms with van der Waals surface area (Å²) in [7, 11) is 3.37. The van der Waals surface area contributed by atoms with Gasteiger partial charge in [0, 0.05) is 30.2 Å². The van der Waals surface area contributed by atoms with Gasteiger partial charge in [-0.1, -0.05) is 0 Å². The molecule has 7 heteroatoms. The number of rotatable bonds is 3. The minimum absolute atomic E-state index is 0.0342. The Morgan fingerprint density at radius 1 is 1.38 bits per heavy atom. The van der Waals surface area contributed by atoms with Crippen LogP contribution in [0.4, 0.5) is 0 Å². The molecule has 0 aromatic heterocycles. The van der Waals surface area contributed by atoms with E-state index < -0.39 is 15.2 Å². The second kappa shape index (κ2) is 5.18. The van der Waals surface area contributed by atoms with Crippen LogP contribution in [0.1, 0.15) is 24.8 Å². The third-order valence-corrected chi connectivity index (χ3v) is 5.59. The van der Waals surface area contributed by atoms with Crippen LogP contribution in [0.25, 0.3) is 0 Å². The van der Waals surface area contributed by atoms with Gasteiger partial charge in [-0.25, -0.2) is 8.42 Å². The van der Waals surface area contributed by atoms with Crippen molar-refractivity contribution in [3.63, 3.8) is 0 Å². The number of hydrogen-bond acceptors (Lipinski definition) is 4. The lowest BCUT2D eigenvalue weighted by Gasteiger charge is -2.35. The Morgan fingerprint density at radius 3 is 2.67 bits per heavy atom. The number of hydrogen-bond donors (Lipinski definition) is 0. The van der Waals surface area contributed by atoms with E-state index in [4.69, 9.17) is 15.4 Å². The zero-order valence-electron chi connectivity index (χ0n) is 11.6. The molecule has 1 unspecified atom stereocenters. The van der Waals surface area contributed by atoms with Crippen LogP contribution < -0.4 is 4.74 Å². The first-order valence-electron chi connectivity index (χ1n) is 6.87. The third-order valence-electron chi connectivity index (χ3n) is 4.23. The zero-order chi connectivity index (χ0) is 15.2. The zero-order valence-corrected chi connectivity index (χ0v) is 13.2. The Kier molecular flexibility index (Phi) is 3.61. The maximum Gasteiger partial charge on any atom is 0.263 e. The minimum atomic E-state index is -3.77. The number of benzene rings is 1. The van der Waals surface area contributed by atoms with E-state index in [1.165, 1.54) is 12.1 Å². The van der Waals surface area contributed by atoms with Gasteiger partial charge in [0.15, 0.2) is 6.10 Å². The van der Waals surface area contributed by atoms with Crippen LogP contribution in [0.3, 0.4) is 0 Å². The Balaban J connectivity index is 1.76. The van der Waals surface area contributed by atoms with Crippen molar-refractivity contribution >= 4 is 25.6 Å². The molecule has 1 atom stereocenters. The number of carbonyl (C=O) groups excluding carboxylic acids is 1. The molecule has 0 radical (unpaired) electrons. The number of likely N-dealkylation sites (N-methyl/N-ethyl adjacent to an activating group) is 1. The Bertz CT molecular complexity index is 684. The standard InChI is InChI=1S/C14H16ClNO4S/c1-16(10-3-2-4-10)14(17)13-8-9-7-11(21(15,18)19)5-6-12(9)20-13/h5-7,10,13H,2-4,8H2,1H3. The monoisotopic (exact) mass is 329 g/mol. The molecular formula is C14H16ClNO4S. The van der Waals surface area contributed by atoms with Crippen molar-refractivity contribution in [3.05, 3.63) is 23.8 Å². The van der Waals surface area contributed by atoms with E-state index in [1.54, 1.807) is 18.0 Å². The number of amides is 1. The van der Waals surface area contributed by atoms with Gasteiger partial charge in [-0.2, -0.15) is 0 Å². The summed E-state index contributed by atoms with van der Waals surface area (Å²) in [5.41, 5.74) is 0.706. The lowest BCUT2D eigenvalue weighted by molar-refractivity contribution is -0.140. The van der Waals surface area contributed by atoms with E-state index in [9.17, 15) is 13.2 Å². The molecule has 0 N–H and O–H groups in total. The minimum Gasteiger partial charge on any atom is -0.480 e. The lowest BCUT2D eigenvalue weighted by atomic mass is 9.91. The lowest BCUT2D eigenvalue weighted by Crippen LogP contribution is -2.47. The van der Waals surface area contributed by atoms with Crippen LogP contribution in [0.2, 0.25) is 0 Å². The van der Waals surface area contributed by atoms with Crippen LogP contribution in [0, 0.1) is 0 Å². The highest BCUT2D eigenvalue weighted by molar-refractivity contribution is 8.13. The highest BCUT2D eigenvalue weighted by Crippen LogP contribution is 2.33. The quantitative estimate of drug-likeness (QED) is 0.795. The smallest absolute Gasteiger partial charge is 0.263 e. The highest BCUT2D eigenvalue weighted by atomic mass is 35.7. The van der Waals surface area contributed by atoms with Gasteiger partial charge in [0.25, 0.3) is 15.0 Å². The molecule has 1 amide bonds. The first-order valence-corrected chi connectivity index (χ1v) is 9.18. The first-order chi connectivity index (χ1) is 9.86. The summed E-state index contributed by atoms with van der Waals surface area (Å²) in [6.07, 6.45) is 3.04. The first kappa shape index (κ1) is 14.7. The maximum atomic E-state index is 12.4. The van der Waals surface area contributed by atoms with Gasteiger partial charge in [-0.15, -0.1) is 0 Å². The molecule has 1 aliphatic heterocycles. The molecule has 3 rings (SSSR count). The summed E-state index contributed by atoms with van der Waals surface area (Å²) in [6.45, 7) is 0. The van der Waals surface area contributed by atoms with E-state index in [-0.39, 0.29) is 10.8 Å². The average molecular weight is 330 g/mol. The van der Waals surface area contributed by atoms with Gasteiger partial charge >= 0.3 is 0 Å². The number of nitrogens with zero attached hydrogens (tertiary/aromatic N) is 1. The molecule has 1 fully saturated rings. The molecule has 1 aliphatic carbocycles. The molecule has 114 valence electrons. The van der Waals surface area contributed by atoms with Crippen molar-refractivity contribution in [3.8, 4) is 5.75 Å². The van der Waals surface area contributed by atoms with Crippen LogP contribution in [0.5, 0.6) is 5.75 Å². The predicted octanol–water partition coefficient (Wildman–Crippen LogP) is 1.93. The van der Waals surface area contributed by atoms with Crippen molar-refractivity contribution in [2.24, 2.45) is 0 Å². The van der Waals surface area contributed by atoms with E-state index in [2.05, 4.69) is 0 Å². The molecule has 1 aromatic rings. The number of ether oxygens (including phenoxy) is 1. The highest BCUT2D eigenvalue weighted by Gasteiger charge is 2.35. The summed E-state index contributed by atoms with van der Waals surface area (Å²) in [6, 6.07) is 4.74. The average Bonchev–Trinajstić information content (AvgIpc) is 2.77. The Morgan fingerprint density at radius 2 is 2.10 bits per heavy atom. The molecule has 0 saturated heterocycles. The second-order valence-electron chi connectivity index (χ2n) is 5.55. The summed E-state index contributed by atoms with van der Waals surface area (Å²) in [4.78, 5) is 14.2. The molecule has 0 bridgehead atoms. The molecular weight excluding hydrogens is 314 g/mol. The fourth-order valence-corrected chi connectivity index (χ4v) is 3.50. The third kappa shape index (κ3) is 2.74. The van der Waals surface area contributed by atoms with Crippen molar-refractivity contribution in [2.45, 2.75) is 42.7 Å². The molecule has 21 heavy (non-hydrogen) atoms. The number of carbonyl (C=O) groups is 1. The molecule has 2 aliphatic rings. The van der Waals surface area contributed by atoms with Crippen LogP contribution >= 0.6 is 10.7 Å². The van der Waals surface area contributed by atoms with Gasteiger partial charge in [0.1, 0.15) is 5.75 Å². The number of halogens is 1. The van der Waals surface area contributed by atoms with E-state index >= 15 is 0 Å². The van der Waals surface area contributed by atoms with Crippen LogP contribution in [-0.2, 0) is 20.3 Å². The van der Waals surface area contributed by atoms with E-state index in [0.717, 1.165) is 19.3 Å². The van der Waals surface area contributed by atoms with Crippen molar-refractivity contribution in [1.82, 2.24) is 4.90 Å². The van der Waals surface area contributed by atoms with Crippen molar-refractivity contribution < 1.29 is 17.9 Å². The SMILES string of the molecule is CN(C(=O)C1Cc2cc(S(=O)(=O)Cl)ccc2O1)C1CCC1. The van der Waals surface area contributed by atoms with Crippen LogP contribution in [-0.4, -0.2) is 38.4 Å². The molecule has 1 heterocycles. The topological polar surface area (TPSA) is 63.7 Å². The summed E-state index contributed by atoms with van der Waals surface area (Å²) >= 11 is 0. The van der Waals surface area contributed by atoms with Crippen LogP contribution in [0.15, 0.2) is 23.1 Å². The van der Waals surface area contributed by atoms with E-state index in [0.29, 0.717) is 23.8 Å². The Hall–Kier alpha value is -1.27. The normalized spacial score (nSPS) is 21.3. The summed E-state index contributed by atoms with van der Waals surface area (Å²) < 4.78 is 28.3. The van der Waals surface area contributed by atoms with Gasteiger partial charge in [-0.05, 0) is 43.0 Å². The fraction of sp³-hybridized carbons (Fsp3) is 0.500. The second-order valence-corrected chi connectivity index (χ2v) is 8.12. The van der Waals surface area contributed by atoms with Gasteiger partial charge in [-0.3, -0.25) is 4.79 Å². The van der Waals surface area contributed by atoms with Crippen molar-refractivity contribution in [2.75, 3.05) is 7.05 Å². The van der Waals surface area contributed by atoms with E-state index in [1.807, 2.05) is 0 Å². The van der Waals surface area contributed by atoms with Gasteiger partial charge in [0.05, 0.1) is 4.90 Å². The van der Waals surface area contributed by atoms with Crippen molar-refractivity contribution in [1.29, 1.82) is 0 Å². The van der Waals surface area contributed by atoms with Gasteiger partial charge in [0.2, 0.25) is 0 Å². The molecule has 1 saturated carbocycles. The number of fused-ring (bicyclic) bond motifs is 1. The summed E-state index contributed by atoms with van der Waals surface area (Å²) in [5.74, 6) is 0.505. The maximum absolute atomic E-state index is 12.4. The Labute approximate surface area is 128 Å². The largest absolute Gasteiger partial charge is 0.480 e. The summed E-state index contributed by atoms with van der Waals surface area (Å²) in [5, 5.41) is 0. The molecule has 5 nitrogen and oxygen atoms in total. The predicted molar refractivity (Wildman–Crippen MR) is 78.0 cm³/mol. The molecule has 0 spiro atoms. The molecule has 1 aromatic carbocycles. The fourth-order valence-electron chi connectivity index (χ4n) is 2.70.